The van der Waals surface area contributed by atoms with Crippen molar-refractivity contribution < 1.29 is 9.53 Å². The van der Waals surface area contributed by atoms with E-state index in [1.807, 2.05) is 42.5 Å². The van der Waals surface area contributed by atoms with E-state index in [0.29, 0.717) is 11.3 Å². The summed E-state index contributed by atoms with van der Waals surface area (Å²) in [5.74, 6) is -0.688. The fraction of sp³-hybridized carbons (Fsp3) is 0.0526. The number of pyridine rings is 1. The topological polar surface area (TPSA) is 80.8 Å². The second kappa shape index (κ2) is 7.23. The highest BCUT2D eigenvalue weighted by Gasteiger charge is 2.15. The summed E-state index contributed by atoms with van der Waals surface area (Å²) < 4.78 is 6.34. The summed E-state index contributed by atoms with van der Waals surface area (Å²) in [6, 6.07) is 15.1. The van der Waals surface area contributed by atoms with Crippen LogP contribution in [0.15, 0.2) is 66.6 Å². The van der Waals surface area contributed by atoms with Gasteiger partial charge in [0.15, 0.2) is 0 Å². The second-order valence-electron chi connectivity index (χ2n) is 5.12. The molecule has 0 unspecified atom stereocenters. The lowest BCUT2D eigenvalue weighted by Crippen LogP contribution is -2.02. The SMILES string of the molecule is COC(=O)/C(C#N)=C/c1cn(-c2ccccc2)nc1-c1cccnc1. The fourth-order valence-corrected chi connectivity index (χ4v) is 2.34. The van der Waals surface area contributed by atoms with Crippen molar-refractivity contribution in [1.82, 2.24) is 14.8 Å². The summed E-state index contributed by atoms with van der Waals surface area (Å²) in [7, 11) is 1.24. The lowest BCUT2D eigenvalue weighted by Gasteiger charge is -2.00. The lowest BCUT2D eigenvalue weighted by molar-refractivity contribution is -0.135. The van der Waals surface area contributed by atoms with Crippen molar-refractivity contribution in [3.63, 3.8) is 0 Å². The van der Waals surface area contributed by atoms with Gasteiger partial charge in [0.25, 0.3) is 0 Å². The van der Waals surface area contributed by atoms with Crippen molar-refractivity contribution in [3.05, 3.63) is 72.2 Å². The van der Waals surface area contributed by atoms with E-state index >= 15 is 0 Å². The zero-order valence-corrected chi connectivity index (χ0v) is 13.5. The average Bonchev–Trinajstić information content (AvgIpc) is 3.11. The van der Waals surface area contributed by atoms with Gasteiger partial charge in [-0.25, -0.2) is 9.48 Å². The van der Waals surface area contributed by atoms with Crippen molar-refractivity contribution >= 4 is 12.0 Å². The molecule has 3 rings (SSSR count). The van der Waals surface area contributed by atoms with Crippen molar-refractivity contribution in [2.75, 3.05) is 7.11 Å². The normalized spacial score (nSPS) is 11.0. The quantitative estimate of drug-likeness (QED) is 0.417. The third-order valence-corrected chi connectivity index (χ3v) is 3.52. The number of esters is 1. The van der Waals surface area contributed by atoms with Gasteiger partial charge in [-0.05, 0) is 30.3 Å². The number of nitrogens with zero attached hydrogens (tertiary/aromatic N) is 4. The highest BCUT2D eigenvalue weighted by molar-refractivity contribution is 5.98. The van der Waals surface area contributed by atoms with Crippen molar-refractivity contribution in [2.24, 2.45) is 0 Å². The van der Waals surface area contributed by atoms with Crippen LogP contribution in [-0.4, -0.2) is 27.8 Å². The lowest BCUT2D eigenvalue weighted by atomic mass is 10.1. The van der Waals surface area contributed by atoms with Gasteiger partial charge in [-0.3, -0.25) is 4.98 Å². The molecule has 0 spiro atoms. The smallest absolute Gasteiger partial charge is 0.348 e. The maximum absolute atomic E-state index is 11.7. The van der Waals surface area contributed by atoms with Gasteiger partial charge in [0.05, 0.1) is 12.8 Å². The molecule has 1 aromatic carbocycles. The van der Waals surface area contributed by atoms with Gasteiger partial charge in [-0.2, -0.15) is 10.4 Å². The van der Waals surface area contributed by atoms with Crippen LogP contribution in [0.1, 0.15) is 5.56 Å². The molecule has 0 atom stereocenters. The Bertz CT molecular complexity index is 954. The first-order chi connectivity index (χ1) is 12.2. The molecular weight excluding hydrogens is 316 g/mol. The van der Waals surface area contributed by atoms with E-state index in [9.17, 15) is 10.1 Å². The molecule has 0 bridgehead atoms. The Hall–Kier alpha value is -3.72. The van der Waals surface area contributed by atoms with Gasteiger partial charge < -0.3 is 4.74 Å². The molecule has 0 N–H and O–H groups in total. The van der Waals surface area contributed by atoms with Crippen LogP contribution < -0.4 is 0 Å². The monoisotopic (exact) mass is 330 g/mol. The Labute approximate surface area is 144 Å². The Morgan fingerprint density at radius 1 is 1.24 bits per heavy atom. The number of aromatic nitrogens is 3. The zero-order valence-electron chi connectivity index (χ0n) is 13.5. The Kier molecular flexibility index (Phi) is 4.67. The van der Waals surface area contributed by atoms with Crippen LogP contribution >= 0.6 is 0 Å². The summed E-state index contributed by atoms with van der Waals surface area (Å²) in [6.07, 6.45) is 6.58. The molecule has 0 radical (unpaired) electrons. The van der Waals surface area contributed by atoms with Crippen LogP contribution in [-0.2, 0) is 9.53 Å². The number of carbonyl (C=O) groups excluding carboxylic acids is 1. The van der Waals surface area contributed by atoms with E-state index in [-0.39, 0.29) is 5.57 Å². The molecular formula is C19H14N4O2. The first kappa shape index (κ1) is 16.1. The van der Waals surface area contributed by atoms with Crippen LogP contribution in [0.2, 0.25) is 0 Å². The molecule has 0 saturated heterocycles. The summed E-state index contributed by atoms with van der Waals surface area (Å²) in [6.45, 7) is 0. The molecule has 2 heterocycles. The molecule has 0 amide bonds. The highest BCUT2D eigenvalue weighted by atomic mass is 16.5. The summed E-state index contributed by atoms with van der Waals surface area (Å²) in [5.41, 5.74) is 2.79. The standard InChI is InChI=1S/C19H14N4O2/c1-25-19(24)15(11-20)10-16-13-23(17-7-3-2-4-8-17)22-18(16)14-6-5-9-21-12-14/h2-10,12-13H,1H3/b15-10+. The van der Waals surface area contributed by atoms with Crippen LogP contribution in [0, 0.1) is 11.3 Å². The third kappa shape index (κ3) is 3.46. The molecule has 2 aromatic heterocycles. The molecule has 3 aromatic rings. The number of nitriles is 1. The minimum Gasteiger partial charge on any atom is -0.465 e. The number of hydrogen-bond donors (Lipinski definition) is 0. The maximum atomic E-state index is 11.7. The van der Waals surface area contributed by atoms with Crippen LogP contribution in [0.3, 0.4) is 0 Å². The Balaban J connectivity index is 2.16. The van der Waals surface area contributed by atoms with E-state index in [2.05, 4.69) is 14.8 Å². The summed E-state index contributed by atoms with van der Waals surface area (Å²) in [5, 5.41) is 13.8. The zero-order chi connectivity index (χ0) is 17.6. The molecule has 25 heavy (non-hydrogen) atoms. The molecule has 6 nitrogen and oxygen atoms in total. The van der Waals surface area contributed by atoms with Crippen LogP contribution in [0.4, 0.5) is 0 Å². The minimum absolute atomic E-state index is 0.0970. The van der Waals surface area contributed by atoms with Gasteiger partial charge >= 0.3 is 5.97 Å². The number of rotatable bonds is 4. The van der Waals surface area contributed by atoms with Crippen molar-refractivity contribution in [2.45, 2.75) is 0 Å². The van der Waals surface area contributed by atoms with Gasteiger partial charge in [0.2, 0.25) is 0 Å². The van der Waals surface area contributed by atoms with E-state index in [1.54, 1.807) is 29.3 Å². The number of benzene rings is 1. The highest BCUT2D eigenvalue weighted by Crippen LogP contribution is 2.25. The van der Waals surface area contributed by atoms with Crippen LogP contribution in [0.25, 0.3) is 23.0 Å². The van der Waals surface area contributed by atoms with E-state index in [1.165, 1.54) is 13.2 Å². The minimum atomic E-state index is -0.688. The molecule has 0 saturated carbocycles. The van der Waals surface area contributed by atoms with Gasteiger partial charge in [0.1, 0.15) is 17.3 Å². The van der Waals surface area contributed by atoms with Gasteiger partial charge in [-0.1, -0.05) is 18.2 Å². The maximum Gasteiger partial charge on any atom is 0.348 e. The van der Waals surface area contributed by atoms with Gasteiger partial charge in [0, 0.05) is 29.7 Å². The number of ether oxygens (including phenoxy) is 1. The number of para-hydroxylation sites is 1. The molecule has 0 fully saturated rings. The summed E-state index contributed by atoms with van der Waals surface area (Å²) in [4.78, 5) is 15.8. The van der Waals surface area contributed by atoms with Gasteiger partial charge in [-0.15, -0.1) is 0 Å². The number of methoxy groups -OCH3 is 1. The Morgan fingerprint density at radius 2 is 2.04 bits per heavy atom. The van der Waals surface area contributed by atoms with E-state index in [4.69, 9.17) is 0 Å². The van der Waals surface area contributed by atoms with Crippen LogP contribution in [0.5, 0.6) is 0 Å². The predicted molar refractivity (Wildman–Crippen MR) is 92.4 cm³/mol. The first-order valence-electron chi connectivity index (χ1n) is 7.48. The first-order valence-corrected chi connectivity index (χ1v) is 7.48. The second-order valence-corrected chi connectivity index (χ2v) is 5.12. The number of hydrogen-bond acceptors (Lipinski definition) is 5. The largest absolute Gasteiger partial charge is 0.465 e. The van der Waals surface area contributed by atoms with Crippen molar-refractivity contribution in [3.8, 4) is 23.0 Å². The predicted octanol–water partition coefficient (Wildman–Crippen LogP) is 3.01. The molecule has 6 heteroatoms. The third-order valence-electron chi connectivity index (χ3n) is 3.52. The summed E-state index contributed by atoms with van der Waals surface area (Å²) >= 11 is 0. The van der Waals surface area contributed by atoms with E-state index in [0.717, 1.165) is 11.3 Å². The molecule has 0 aliphatic carbocycles. The Morgan fingerprint density at radius 3 is 2.68 bits per heavy atom. The molecule has 0 aliphatic heterocycles. The molecule has 0 aliphatic rings. The van der Waals surface area contributed by atoms with E-state index < -0.39 is 5.97 Å². The average molecular weight is 330 g/mol. The fourth-order valence-electron chi connectivity index (χ4n) is 2.34. The van der Waals surface area contributed by atoms with Crippen molar-refractivity contribution in [1.29, 1.82) is 5.26 Å². The molecule has 122 valence electrons. The number of carbonyl (C=O) groups is 1.